The second kappa shape index (κ2) is 12.5. The van der Waals surface area contributed by atoms with Crippen molar-refractivity contribution in [2.45, 2.75) is 0 Å². The third kappa shape index (κ3) is 7.20. The Morgan fingerprint density at radius 1 is 1.07 bits per heavy atom. The zero-order valence-corrected chi connectivity index (χ0v) is 25.4. The molecule has 1 amide bonds. The van der Waals surface area contributed by atoms with Crippen molar-refractivity contribution in [2.75, 3.05) is 63.1 Å². The Morgan fingerprint density at radius 3 is 2.50 bits per heavy atom. The molecular weight excluding hydrogens is 556 g/mol. The summed E-state index contributed by atoms with van der Waals surface area (Å²) in [7, 11) is 5.47. The highest BCUT2D eigenvalue weighted by molar-refractivity contribution is 7.86. The van der Waals surface area contributed by atoms with Gasteiger partial charge in [0.1, 0.15) is 11.6 Å². The number of anilines is 4. The van der Waals surface area contributed by atoms with Crippen molar-refractivity contribution < 1.29 is 22.1 Å². The third-order valence-electron chi connectivity index (χ3n) is 6.60. The highest BCUT2D eigenvalue weighted by Gasteiger charge is 2.20. The van der Waals surface area contributed by atoms with Gasteiger partial charge in [-0.1, -0.05) is 18.2 Å². The number of pyridine rings is 1. The molecule has 0 saturated carbocycles. The second-order valence-electron chi connectivity index (χ2n) is 10.2. The Hall–Kier alpha value is -4.55. The van der Waals surface area contributed by atoms with Crippen LogP contribution in [0.5, 0.6) is 5.75 Å². The van der Waals surface area contributed by atoms with Crippen molar-refractivity contribution in [1.29, 1.82) is 0 Å². The summed E-state index contributed by atoms with van der Waals surface area (Å²) in [4.78, 5) is 21.4. The van der Waals surface area contributed by atoms with Crippen LogP contribution >= 0.6 is 0 Å². The number of aryl methyl sites for hydroxylation is 1. The zero-order chi connectivity index (χ0) is 30.6. The number of fused-ring (bicyclic) bond motifs is 1. The lowest BCUT2D eigenvalue weighted by Gasteiger charge is -2.26. The number of hydrogen-bond donors (Lipinski definition) is 2. The zero-order valence-electron chi connectivity index (χ0n) is 24.6. The van der Waals surface area contributed by atoms with E-state index < -0.39 is 21.8 Å². The van der Waals surface area contributed by atoms with Crippen molar-refractivity contribution in [3.8, 4) is 16.9 Å². The first kappa shape index (κ1) is 30.4. The lowest BCUT2D eigenvalue weighted by molar-refractivity contribution is -0.114. The largest absolute Gasteiger partial charge is 0.494 e. The Labute approximate surface area is 246 Å². The van der Waals surface area contributed by atoms with Gasteiger partial charge in [0.05, 0.1) is 30.4 Å². The van der Waals surface area contributed by atoms with Gasteiger partial charge in [0.25, 0.3) is 5.91 Å². The fourth-order valence-electron chi connectivity index (χ4n) is 4.51. The van der Waals surface area contributed by atoms with Crippen LogP contribution in [0.3, 0.4) is 0 Å². The van der Waals surface area contributed by atoms with Crippen molar-refractivity contribution in [3.63, 3.8) is 0 Å². The Bertz CT molecular complexity index is 1730. The maximum absolute atomic E-state index is 12.9. The quantitative estimate of drug-likeness (QED) is 0.140. The smallest absolute Gasteiger partial charge is 0.306 e. The molecule has 0 fully saturated rings. The van der Waals surface area contributed by atoms with Gasteiger partial charge >= 0.3 is 10.1 Å². The first-order valence-electron chi connectivity index (χ1n) is 13.1. The van der Waals surface area contributed by atoms with Gasteiger partial charge in [-0.05, 0) is 50.5 Å². The van der Waals surface area contributed by atoms with E-state index in [2.05, 4.69) is 45.1 Å². The summed E-state index contributed by atoms with van der Waals surface area (Å²) in [6, 6.07) is 15.6. The molecule has 2 aromatic heterocycles. The Morgan fingerprint density at radius 2 is 1.81 bits per heavy atom. The Kier molecular flexibility index (Phi) is 9.08. The fourth-order valence-corrected chi connectivity index (χ4v) is 4.95. The number of carbonyl (C=O) groups is 1. The second-order valence-corrected chi connectivity index (χ2v) is 11.8. The van der Waals surface area contributed by atoms with Gasteiger partial charge in [-0.2, -0.15) is 8.42 Å². The maximum Gasteiger partial charge on any atom is 0.306 e. The minimum absolute atomic E-state index is 0.396. The number of carbonyl (C=O) groups excluding carboxylic acids is 1. The lowest BCUT2D eigenvalue weighted by atomic mass is 10.1. The van der Waals surface area contributed by atoms with Gasteiger partial charge in [-0.15, -0.1) is 0 Å². The van der Waals surface area contributed by atoms with Gasteiger partial charge < -0.3 is 33.9 Å². The van der Waals surface area contributed by atoms with Crippen LogP contribution in [-0.4, -0.2) is 76.4 Å². The van der Waals surface area contributed by atoms with Gasteiger partial charge in [0.15, 0.2) is 5.76 Å². The monoisotopic (exact) mass is 592 g/mol. The minimum Gasteiger partial charge on any atom is -0.494 e. The number of methoxy groups -OCH3 is 1. The van der Waals surface area contributed by atoms with E-state index in [0.717, 1.165) is 34.8 Å². The van der Waals surface area contributed by atoms with Crippen LogP contribution in [0.1, 0.15) is 0 Å². The van der Waals surface area contributed by atoms with E-state index in [1.165, 1.54) is 0 Å². The van der Waals surface area contributed by atoms with Crippen molar-refractivity contribution >= 4 is 49.8 Å². The van der Waals surface area contributed by atoms with E-state index in [4.69, 9.17) is 8.92 Å². The van der Waals surface area contributed by atoms with Gasteiger partial charge in [0.2, 0.25) is 0 Å². The number of nitrogens with one attached hydrogen (secondary N) is 2. The molecular formula is C30H36N6O5S. The van der Waals surface area contributed by atoms with Crippen LogP contribution in [0.2, 0.25) is 0 Å². The normalized spacial score (nSPS) is 11.4. The molecule has 0 unspecified atom stereocenters. The summed E-state index contributed by atoms with van der Waals surface area (Å²) in [6.45, 7) is 4.86. The molecule has 0 aliphatic heterocycles. The first-order valence-corrected chi connectivity index (χ1v) is 14.9. The van der Waals surface area contributed by atoms with Crippen LogP contribution in [0.15, 0.2) is 73.3 Å². The molecule has 2 N–H and O–H groups in total. The minimum atomic E-state index is -3.92. The summed E-state index contributed by atoms with van der Waals surface area (Å²) >= 11 is 0. The molecule has 0 aliphatic rings. The summed E-state index contributed by atoms with van der Waals surface area (Å²) < 4.78 is 35.6. The highest BCUT2D eigenvalue weighted by Crippen LogP contribution is 2.39. The SMILES string of the molecule is C=C(OS(C)(=O)=O)C(=O)Nc1cc(Nc2cc(-c3cn(C)c4ccccc34)ccn2)c(OC)cc1N(C)CCN(C)C. The topological polar surface area (TPSA) is 118 Å². The van der Waals surface area contributed by atoms with Crippen LogP contribution in [0.25, 0.3) is 22.0 Å². The average Bonchev–Trinajstić information content (AvgIpc) is 3.27. The summed E-state index contributed by atoms with van der Waals surface area (Å²) in [6.07, 6.45) is 4.66. The summed E-state index contributed by atoms with van der Waals surface area (Å²) in [5.74, 6) is -0.262. The molecule has 2 heterocycles. The molecule has 11 nitrogen and oxygen atoms in total. The molecule has 0 bridgehead atoms. The predicted molar refractivity (Wildman–Crippen MR) is 168 cm³/mol. The first-order chi connectivity index (χ1) is 19.9. The molecule has 222 valence electrons. The summed E-state index contributed by atoms with van der Waals surface area (Å²) in [5.41, 5.74) is 4.75. The predicted octanol–water partition coefficient (Wildman–Crippen LogP) is 4.42. The summed E-state index contributed by atoms with van der Waals surface area (Å²) in [5, 5.41) is 7.18. The molecule has 2 aromatic carbocycles. The maximum atomic E-state index is 12.9. The van der Waals surface area contributed by atoms with Crippen molar-refractivity contribution in [2.24, 2.45) is 7.05 Å². The van der Waals surface area contributed by atoms with Gasteiger partial charge in [-0.25, -0.2) is 4.98 Å². The molecule has 12 heteroatoms. The van der Waals surface area contributed by atoms with Crippen molar-refractivity contribution in [3.05, 3.63) is 73.3 Å². The van der Waals surface area contributed by atoms with Crippen LogP contribution in [0, 0.1) is 0 Å². The number of aromatic nitrogens is 2. The van der Waals surface area contributed by atoms with Crippen LogP contribution in [0.4, 0.5) is 22.9 Å². The number of para-hydroxylation sites is 1. The average molecular weight is 593 g/mol. The van der Waals surface area contributed by atoms with E-state index in [-0.39, 0.29) is 0 Å². The number of hydrogen-bond acceptors (Lipinski definition) is 9. The standard InChI is InChI=1S/C30H36N6O5S/c1-20(41-42(7,38)39)30(37)33-24-17-25(28(40-6)18-27(24)35(4)15-14-34(2)3)32-29-16-21(12-13-31-29)23-19-36(5)26-11-9-8-10-22(23)26/h8-13,16-19H,1,14-15H2,2-7H3,(H,31,32)(H,33,37). The highest BCUT2D eigenvalue weighted by atomic mass is 32.2. The lowest BCUT2D eigenvalue weighted by Crippen LogP contribution is -2.29. The van der Waals surface area contributed by atoms with E-state index in [0.29, 0.717) is 35.2 Å². The molecule has 0 aliphatic carbocycles. The van der Waals surface area contributed by atoms with Crippen LogP contribution < -0.4 is 20.3 Å². The number of ether oxygens (including phenoxy) is 1. The van der Waals surface area contributed by atoms with E-state index >= 15 is 0 Å². The molecule has 0 spiro atoms. The number of likely N-dealkylation sites (N-methyl/N-ethyl adjacent to an activating group) is 2. The van der Waals surface area contributed by atoms with Gasteiger partial charge in [0, 0.05) is 62.1 Å². The molecule has 0 atom stereocenters. The number of benzene rings is 2. The number of amides is 1. The molecule has 4 rings (SSSR count). The van der Waals surface area contributed by atoms with E-state index in [1.54, 1.807) is 25.4 Å². The molecule has 0 radical (unpaired) electrons. The number of rotatable bonds is 12. The van der Waals surface area contributed by atoms with Crippen molar-refractivity contribution in [1.82, 2.24) is 14.5 Å². The molecule has 0 saturated heterocycles. The van der Waals surface area contributed by atoms with Gasteiger partial charge in [-0.3, -0.25) is 4.79 Å². The molecule has 4 aromatic rings. The van der Waals surface area contributed by atoms with E-state index in [1.807, 2.05) is 62.3 Å². The fraction of sp³-hybridized carbons (Fsp3) is 0.267. The molecule has 42 heavy (non-hydrogen) atoms. The van der Waals surface area contributed by atoms with Crippen LogP contribution in [-0.2, 0) is 26.1 Å². The third-order valence-corrected chi connectivity index (χ3v) is 7.10. The van der Waals surface area contributed by atoms with E-state index in [9.17, 15) is 13.2 Å². The number of nitrogens with zero attached hydrogens (tertiary/aromatic N) is 4. The Balaban J connectivity index is 1.71.